The fourth-order valence-electron chi connectivity index (χ4n) is 4.85. The van der Waals surface area contributed by atoms with Crippen molar-refractivity contribution in [1.82, 2.24) is 0 Å². The van der Waals surface area contributed by atoms with E-state index in [1.54, 1.807) is 7.11 Å². The van der Waals surface area contributed by atoms with Gasteiger partial charge in [-0.05, 0) is 29.6 Å². The van der Waals surface area contributed by atoms with Crippen LogP contribution >= 0.6 is 0 Å². The Labute approximate surface area is 146 Å². The molecule has 24 heavy (non-hydrogen) atoms. The van der Waals surface area contributed by atoms with Crippen LogP contribution in [0.2, 0.25) is 17.6 Å². The topological polar surface area (TPSA) is 57.2 Å². The molecule has 0 amide bonds. The van der Waals surface area contributed by atoms with Gasteiger partial charge in [0.25, 0.3) is 0 Å². The van der Waals surface area contributed by atoms with Gasteiger partial charge in [0.1, 0.15) is 5.60 Å². The first kappa shape index (κ1) is 18.5. The van der Waals surface area contributed by atoms with Crippen molar-refractivity contribution < 1.29 is 23.7 Å². The normalized spacial score (nSPS) is 38.5. The lowest BCUT2D eigenvalue weighted by Crippen LogP contribution is -2.60. The average molecular weight is 357 g/mol. The zero-order valence-electron chi connectivity index (χ0n) is 15.6. The number of hydrogen-bond donors (Lipinski definition) is 1. The summed E-state index contributed by atoms with van der Waals surface area (Å²) < 4.78 is 24.8. The summed E-state index contributed by atoms with van der Waals surface area (Å²) >= 11 is 0. The molecule has 2 heterocycles. The van der Waals surface area contributed by atoms with Crippen LogP contribution in [0.15, 0.2) is 11.6 Å². The van der Waals surface area contributed by atoms with Crippen molar-refractivity contribution in [3.63, 3.8) is 0 Å². The molecule has 2 aliphatic heterocycles. The molecule has 3 rings (SSSR count). The molecule has 0 unspecified atom stereocenters. The van der Waals surface area contributed by atoms with Gasteiger partial charge in [0.05, 0.1) is 12.7 Å². The van der Waals surface area contributed by atoms with Gasteiger partial charge >= 0.3 is 0 Å². The molecule has 1 N–H and O–H groups in total. The molecule has 0 saturated carbocycles. The number of fused-ring (bicyclic) bond motifs is 4. The predicted molar refractivity (Wildman–Crippen MR) is 94.1 cm³/mol. The average Bonchev–Trinajstić information content (AvgIpc) is 3.13. The summed E-state index contributed by atoms with van der Waals surface area (Å²) in [6.07, 6.45) is 2.92. The van der Waals surface area contributed by atoms with E-state index >= 15 is 0 Å². The van der Waals surface area contributed by atoms with Crippen LogP contribution in [0, 0.1) is 5.92 Å². The standard InChI is InChI=1S/C18H32O5Si/c1-6-24(7-2,12(3)4)23-18-10-16(20-5)22-17(18)21-14-8-13(11-19)15(18)9-14/h8,12,14-17,19H,6-7,9-11H2,1-5H3/t14-,15-,16+,17-,18+/m1/s1. The van der Waals surface area contributed by atoms with Crippen molar-refractivity contribution >= 4 is 8.32 Å². The van der Waals surface area contributed by atoms with Crippen LogP contribution in [0.25, 0.3) is 0 Å². The van der Waals surface area contributed by atoms with E-state index in [0.717, 1.165) is 24.1 Å². The van der Waals surface area contributed by atoms with Crippen LogP contribution < -0.4 is 0 Å². The fourth-order valence-corrected chi connectivity index (χ4v) is 8.59. The molecule has 0 aromatic heterocycles. The molecule has 0 aromatic rings. The van der Waals surface area contributed by atoms with Crippen molar-refractivity contribution in [1.29, 1.82) is 0 Å². The molecular weight excluding hydrogens is 324 g/mol. The maximum Gasteiger partial charge on any atom is 0.195 e. The van der Waals surface area contributed by atoms with Gasteiger partial charge in [0, 0.05) is 19.4 Å². The number of aliphatic hydroxyl groups is 1. The Balaban J connectivity index is 1.99. The minimum atomic E-state index is -1.95. The van der Waals surface area contributed by atoms with Gasteiger partial charge < -0.3 is 23.7 Å². The van der Waals surface area contributed by atoms with Gasteiger partial charge in [-0.3, -0.25) is 0 Å². The highest BCUT2D eigenvalue weighted by Crippen LogP contribution is 2.55. The SMILES string of the molecule is CC[Si](CC)(O[C@]12C[C@@H](OC)O[C@H]1O[C@@H]1C=C(CO)[C@H]2C1)C(C)C. The number of rotatable bonds is 7. The summed E-state index contributed by atoms with van der Waals surface area (Å²) in [6, 6.07) is 2.14. The first-order chi connectivity index (χ1) is 11.4. The Hall–Kier alpha value is -0.243. The van der Waals surface area contributed by atoms with Gasteiger partial charge in [-0.25, -0.2) is 0 Å². The lowest BCUT2D eigenvalue weighted by atomic mass is 9.79. The lowest BCUT2D eigenvalue weighted by Gasteiger charge is -2.50. The van der Waals surface area contributed by atoms with Crippen LogP contribution in [-0.2, 0) is 18.6 Å². The molecule has 5 nitrogen and oxygen atoms in total. The third-order valence-corrected chi connectivity index (χ3v) is 11.7. The smallest absolute Gasteiger partial charge is 0.195 e. The second kappa shape index (κ2) is 6.82. The van der Waals surface area contributed by atoms with Crippen LogP contribution in [0.5, 0.6) is 0 Å². The third kappa shape index (κ3) is 2.72. The molecule has 1 aliphatic carbocycles. The Morgan fingerprint density at radius 1 is 1.33 bits per heavy atom. The van der Waals surface area contributed by atoms with Crippen LogP contribution in [-0.4, -0.2) is 51.4 Å². The predicted octanol–water partition coefficient (Wildman–Crippen LogP) is 3.19. The van der Waals surface area contributed by atoms with Crippen molar-refractivity contribution in [2.24, 2.45) is 5.92 Å². The molecule has 0 spiro atoms. The maximum absolute atomic E-state index is 9.85. The van der Waals surface area contributed by atoms with E-state index in [1.807, 2.05) is 0 Å². The Morgan fingerprint density at radius 3 is 2.58 bits per heavy atom. The minimum absolute atomic E-state index is 0.0212. The van der Waals surface area contributed by atoms with Crippen LogP contribution in [0.3, 0.4) is 0 Å². The van der Waals surface area contributed by atoms with Crippen molar-refractivity contribution in [3.05, 3.63) is 11.6 Å². The molecule has 2 bridgehead atoms. The molecule has 0 aromatic carbocycles. The molecular formula is C18H32O5Si. The summed E-state index contributed by atoms with van der Waals surface area (Å²) in [5.74, 6) is 0.162. The Bertz CT molecular complexity index is 490. The molecule has 2 fully saturated rings. The zero-order chi connectivity index (χ0) is 17.5. The monoisotopic (exact) mass is 356 g/mol. The minimum Gasteiger partial charge on any atom is -0.405 e. The first-order valence-corrected chi connectivity index (χ1v) is 11.7. The third-order valence-electron chi connectivity index (χ3n) is 6.45. The largest absolute Gasteiger partial charge is 0.405 e. The number of hydrogen-bond acceptors (Lipinski definition) is 5. The van der Waals surface area contributed by atoms with Crippen molar-refractivity contribution in [2.75, 3.05) is 13.7 Å². The van der Waals surface area contributed by atoms with Crippen LogP contribution in [0.4, 0.5) is 0 Å². The lowest BCUT2D eigenvalue weighted by molar-refractivity contribution is -0.261. The van der Waals surface area contributed by atoms with Crippen molar-refractivity contribution in [3.8, 4) is 0 Å². The van der Waals surface area contributed by atoms with E-state index in [0.29, 0.717) is 12.0 Å². The Kier molecular flexibility index (Phi) is 5.27. The second-order valence-corrected chi connectivity index (χ2v) is 12.6. The van der Waals surface area contributed by atoms with E-state index < -0.39 is 20.2 Å². The fraction of sp³-hybridized carbons (Fsp3) is 0.889. The molecule has 2 saturated heterocycles. The van der Waals surface area contributed by atoms with Gasteiger partial charge in [0.2, 0.25) is 0 Å². The summed E-state index contributed by atoms with van der Waals surface area (Å²) in [5, 5.41) is 9.85. The summed E-state index contributed by atoms with van der Waals surface area (Å²) in [6.45, 7) is 9.11. The number of methoxy groups -OCH3 is 1. The molecule has 5 atom stereocenters. The zero-order valence-corrected chi connectivity index (χ0v) is 16.6. The van der Waals surface area contributed by atoms with E-state index in [9.17, 15) is 5.11 Å². The quantitative estimate of drug-likeness (QED) is 0.561. The van der Waals surface area contributed by atoms with E-state index in [4.69, 9.17) is 18.6 Å². The van der Waals surface area contributed by atoms with Crippen LogP contribution in [0.1, 0.15) is 40.5 Å². The summed E-state index contributed by atoms with van der Waals surface area (Å²) in [7, 11) is -0.282. The first-order valence-electron chi connectivity index (χ1n) is 9.30. The summed E-state index contributed by atoms with van der Waals surface area (Å²) in [4.78, 5) is 0. The highest BCUT2D eigenvalue weighted by molar-refractivity contribution is 6.75. The Morgan fingerprint density at radius 2 is 2.04 bits per heavy atom. The van der Waals surface area contributed by atoms with E-state index in [2.05, 4.69) is 33.8 Å². The van der Waals surface area contributed by atoms with Gasteiger partial charge in [-0.1, -0.05) is 33.8 Å². The highest BCUT2D eigenvalue weighted by atomic mass is 28.4. The number of aliphatic hydroxyl groups excluding tert-OH is 1. The molecule has 138 valence electrons. The molecule has 6 heteroatoms. The molecule has 3 aliphatic rings. The van der Waals surface area contributed by atoms with E-state index in [-0.39, 0.29) is 24.9 Å². The van der Waals surface area contributed by atoms with Gasteiger partial charge in [0.15, 0.2) is 20.9 Å². The van der Waals surface area contributed by atoms with E-state index in [1.165, 1.54) is 0 Å². The second-order valence-electron chi connectivity index (χ2n) is 7.68. The van der Waals surface area contributed by atoms with Gasteiger partial charge in [-0.2, -0.15) is 0 Å². The number of ether oxygens (including phenoxy) is 3. The van der Waals surface area contributed by atoms with Crippen molar-refractivity contribution in [2.45, 2.75) is 82.5 Å². The maximum atomic E-state index is 9.85. The summed E-state index contributed by atoms with van der Waals surface area (Å²) in [5.41, 5.74) is 1.04. The van der Waals surface area contributed by atoms with Gasteiger partial charge in [-0.15, -0.1) is 0 Å². The highest BCUT2D eigenvalue weighted by Gasteiger charge is 2.64. The molecule has 0 radical (unpaired) electrons.